The van der Waals surface area contributed by atoms with E-state index >= 15 is 0 Å². The molecule has 0 unspecified atom stereocenters. The van der Waals surface area contributed by atoms with Crippen molar-refractivity contribution in [1.29, 1.82) is 0 Å². The number of amides is 1. The molecule has 6 heteroatoms. The Hall–Kier alpha value is -2.44. The van der Waals surface area contributed by atoms with Gasteiger partial charge in [-0.25, -0.2) is 0 Å². The fourth-order valence-electron chi connectivity index (χ4n) is 3.40. The predicted octanol–water partition coefficient (Wildman–Crippen LogP) is 4.83. The van der Waals surface area contributed by atoms with Crippen LogP contribution in [0.2, 0.25) is 0 Å². The highest BCUT2D eigenvalue weighted by atomic mass is 32.1. The van der Waals surface area contributed by atoms with Crippen molar-refractivity contribution in [3.63, 3.8) is 0 Å². The molecule has 1 aliphatic rings. The van der Waals surface area contributed by atoms with Gasteiger partial charge in [0.1, 0.15) is 5.75 Å². The molecule has 30 heavy (non-hydrogen) atoms. The van der Waals surface area contributed by atoms with E-state index < -0.39 is 0 Å². The Morgan fingerprint density at radius 2 is 1.83 bits per heavy atom. The summed E-state index contributed by atoms with van der Waals surface area (Å²) in [6, 6.07) is 15.3. The average molecular weight is 426 g/mol. The van der Waals surface area contributed by atoms with Gasteiger partial charge in [-0.3, -0.25) is 15.0 Å². The molecule has 0 aliphatic carbocycles. The maximum absolute atomic E-state index is 12.5. The van der Waals surface area contributed by atoms with Crippen LogP contribution in [-0.4, -0.2) is 35.6 Å². The molecule has 0 spiro atoms. The van der Waals surface area contributed by atoms with Crippen LogP contribution in [0.15, 0.2) is 48.5 Å². The summed E-state index contributed by atoms with van der Waals surface area (Å²) in [5, 5.41) is 6.09. The lowest BCUT2D eigenvalue weighted by Gasteiger charge is -2.26. The first-order valence-electron chi connectivity index (χ1n) is 10.7. The van der Waals surface area contributed by atoms with E-state index in [0.29, 0.717) is 23.8 Å². The summed E-state index contributed by atoms with van der Waals surface area (Å²) in [7, 11) is 0. The van der Waals surface area contributed by atoms with Crippen LogP contribution in [0.25, 0.3) is 0 Å². The third-order valence-corrected chi connectivity index (χ3v) is 5.18. The fraction of sp³-hybridized carbons (Fsp3) is 0.417. The van der Waals surface area contributed by atoms with Gasteiger partial charge >= 0.3 is 0 Å². The number of ether oxygens (including phenoxy) is 1. The molecule has 0 saturated carbocycles. The van der Waals surface area contributed by atoms with Crippen LogP contribution in [0, 0.1) is 5.92 Å². The number of nitrogens with zero attached hydrogens (tertiary/aromatic N) is 1. The molecule has 160 valence electrons. The van der Waals surface area contributed by atoms with Crippen LogP contribution in [-0.2, 0) is 6.54 Å². The lowest BCUT2D eigenvalue weighted by molar-refractivity contribution is 0.0977. The second-order valence-corrected chi connectivity index (χ2v) is 8.58. The van der Waals surface area contributed by atoms with Crippen LogP contribution in [0.1, 0.15) is 49.0 Å². The summed E-state index contributed by atoms with van der Waals surface area (Å²) in [6.07, 6.45) is 3.93. The number of piperidine rings is 1. The SMILES string of the molecule is CC(C)COc1cccc(C(=O)NC(=S)Nc2ccc(CN3CCCCC3)cc2)c1. The molecule has 1 fully saturated rings. The van der Waals surface area contributed by atoms with Gasteiger partial charge in [0.2, 0.25) is 0 Å². The quantitative estimate of drug-likeness (QED) is 0.622. The van der Waals surface area contributed by atoms with Gasteiger partial charge in [-0.15, -0.1) is 0 Å². The molecule has 0 bridgehead atoms. The van der Waals surface area contributed by atoms with Crippen LogP contribution in [0.4, 0.5) is 5.69 Å². The number of carbonyl (C=O) groups excluding carboxylic acids is 1. The first-order valence-corrected chi connectivity index (χ1v) is 11.1. The summed E-state index contributed by atoms with van der Waals surface area (Å²) in [4.78, 5) is 15.0. The molecule has 1 saturated heterocycles. The molecule has 1 amide bonds. The monoisotopic (exact) mass is 425 g/mol. The van der Waals surface area contributed by atoms with E-state index in [4.69, 9.17) is 17.0 Å². The Balaban J connectivity index is 1.50. The smallest absolute Gasteiger partial charge is 0.257 e. The second kappa shape index (κ2) is 11.1. The van der Waals surface area contributed by atoms with E-state index in [2.05, 4.69) is 41.5 Å². The van der Waals surface area contributed by atoms with Gasteiger partial charge < -0.3 is 10.1 Å². The fourth-order valence-corrected chi connectivity index (χ4v) is 3.61. The number of nitrogens with one attached hydrogen (secondary N) is 2. The van der Waals surface area contributed by atoms with Crippen molar-refractivity contribution >= 4 is 28.9 Å². The van der Waals surface area contributed by atoms with Gasteiger partial charge in [0.05, 0.1) is 6.61 Å². The van der Waals surface area contributed by atoms with E-state index in [1.54, 1.807) is 12.1 Å². The zero-order chi connectivity index (χ0) is 21.3. The van der Waals surface area contributed by atoms with Crippen LogP contribution in [0.5, 0.6) is 5.75 Å². The second-order valence-electron chi connectivity index (χ2n) is 8.17. The molecule has 2 N–H and O–H groups in total. The standard InChI is InChI=1S/C24H31N3O2S/c1-18(2)17-29-22-8-6-7-20(15-22)23(28)26-24(30)25-21-11-9-19(10-12-21)16-27-13-4-3-5-14-27/h6-12,15,18H,3-5,13-14,16-17H2,1-2H3,(H2,25,26,28,30). The van der Waals surface area contributed by atoms with Gasteiger partial charge in [-0.2, -0.15) is 0 Å². The van der Waals surface area contributed by atoms with E-state index in [0.717, 1.165) is 12.2 Å². The van der Waals surface area contributed by atoms with Crippen molar-refractivity contribution in [3.05, 3.63) is 59.7 Å². The Morgan fingerprint density at radius 3 is 2.53 bits per heavy atom. The number of hydrogen-bond acceptors (Lipinski definition) is 4. The van der Waals surface area contributed by atoms with Crippen LogP contribution < -0.4 is 15.4 Å². The Bertz CT molecular complexity index is 846. The molecule has 1 heterocycles. The summed E-state index contributed by atoms with van der Waals surface area (Å²) in [6.45, 7) is 8.12. The van der Waals surface area contributed by atoms with E-state index in [-0.39, 0.29) is 11.0 Å². The van der Waals surface area contributed by atoms with Gasteiger partial charge in [0, 0.05) is 17.8 Å². The molecule has 0 aromatic heterocycles. The predicted molar refractivity (Wildman–Crippen MR) is 126 cm³/mol. The van der Waals surface area contributed by atoms with Crippen molar-refractivity contribution < 1.29 is 9.53 Å². The number of benzene rings is 2. The highest BCUT2D eigenvalue weighted by Crippen LogP contribution is 2.16. The number of rotatable bonds is 7. The minimum Gasteiger partial charge on any atom is -0.493 e. The Labute approximate surface area is 184 Å². The third kappa shape index (κ3) is 7.11. The maximum atomic E-state index is 12.5. The summed E-state index contributed by atoms with van der Waals surface area (Å²) in [5.41, 5.74) is 2.66. The Morgan fingerprint density at radius 1 is 1.10 bits per heavy atom. The first-order chi connectivity index (χ1) is 14.5. The third-order valence-electron chi connectivity index (χ3n) is 4.97. The number of carbonyl (C=O) groups is 1. The minimum atomic E-state index is -0.260. The topological polar surface area (TPSA) is 53.6 Å². The van der Waals surface area contributed by atoms with Crippen LogP contribution in [0.3, 0.4) is 0 Å². The summed E-state index contributed by atoms with van der Waals surface area (Å²) >= 11 is 5.31. The van der Waals surface area contributed by atoms with Crippen LogP contribution >= 0.6 is 12.2 Å². The van der Waals surface area contributed by atoms with E-state index in [1.165, 1.54) is 37.9 Å². The van der Waals surface area contributed by atoms with E-state index in [9.17, 15) is 4.79 Å². The molecule has 3 rings (SSSR count). The van der Waals surface area contributed by atoms with Crippen molar-refractivity contribution in [2.24, 2.45) is 5.92 Å². The molecule has 0 atom stereocenters. The van der Waals surface area contributed by atoms with Gasteiger partial charge in [-0.1, -0.05) is 38.5 Å². The molecule has 5 nitrogen and oxygen atoms in total. The van der Waals surface area contributed by atoms with Gasteiger partial charge in [0.25, 0.3) is 5.91 Å². The highest BCUT2D eigenvalue weighted by molar-refractivity contribution is 7.80. The largest absolute Gasteiger partial charge is 0.493 e. The molecule has 2 aromatic carbocycles. The zero-order valence-corrected chi connectivity index (χ0v) is 18.6. The molecule has 2 aromatic rings. The van der Waals surface area contributed by atoms with Crippen molar-refractivity contribution in [3.8, 4) is 5.75 Å². The molecular formula is C24H31N3O2S. The lowest BCUT2D eigenvalue weighted by atomic mass is 10.1. The van der Waals surface area contributed by atoms with Gasteiger partial charge in [-0.05, 0) is 80.0 Å². The average Bonchev–Trinajstić information content (AvgIpc) is 2.74. The first kappa shape index (κ1) is 22.2. The van der Waals surface area contributed by atoms with Crippen molar-refractivity contribution in [1.82, 2.24) is 10.2 Å². The Kier molecular flexibility index (Phi) is 8.22. The normalized spacial score (nSPS) is 14.4. The van der Waals surface area contributed by atoms with Gasteiger partial charge in [0.15, 0.2) is 5.11 Å². The van der Waals surface area contributed by atoms with Crippen molar-refractivity contribution in [2.75, 3.05) is 25.0 Å². The van der Waals surface area contributed by atoms with Crippen molar-refractivity contribution in [2.45, 2.75) is 39.7 Å². The maximum Gasteiger partial charge on any atom is 0.257 e. The number of likely N-dealkylation sites (tertiary alicyclic amines) is 1. The molecule has 1 aliphatic heterocycles. The number of anilines is 1. The summed E-state index contributed by atoms with van der Waals surface area (Å²) < 4.78 is 5.69. The minimum absolute atomic E-state index is 0.260. The number of hydrogen-bond donors (Lipinski definition) is 2. The highest BCUT2D eigenvalue weighted by Gasteiger charge is 2.11. The molecular weight excluding hydrogens is 394 g/mol. The number of thiocarbonyl (C=S) groups is 1. The van der Waals surface area contributed by atoms with E-state index in [1.807, 2.05) is 24.3 Å². The molecule has 0 radical (unpaired) electrons. The zero-order valence-electron chi connectivity index (χ0n) is 17.8. The summed E-state index contributed by atoms with van der Waals surface area (Å²) in [5.74, 6) is 0.842. The lowest BCUT2D eigenvalue weighted by Crippen LogP contribution is -2.34.